The third kappa shape index (κ3) is 3.33. The van der Waals surface area contributed by atoms with Gasteiger partial charge < -0.3 is 20.3 Å². The molecule has 0 spiro atoms. The first-order chi connectivity index (χ1) is 14.1. The molecule has 2 atom stereocenters. The van der Waals surface area contributed by atoms with Crippen LogP contribution in [-0.4, -0.2) is 31.6 Å². The van der Waals surface area contributed by atoms with Crippen molar-refractivity contribution < 1.29 is 14.3 Å². The van der Waals surface area contributed by atoms with Gasteiger partial charge in [0.2, 0.25) is 0 Å². The van der Waals surface area contributed by atoms with E-state index in [-0.39, 0.29) is 24.6 Å². The number of nitrogens with zero attached hydrogens (tertiary/aromatic N) is 1. The second kappa shape index (κ2) is 7.10. The van der Waals surface area contributed by atoms with E-state index >= 15 is 0 Å². The molecule has 2 aliphatic carbocycles. The highest BCUT2D eigenvalue weighted by molar-refractivity contribution is 5.99. The molecule has 1 saturated carbocycles. The maximum absolute atomic E-state index is 12.8. The molecule has 2 aromatic carbocycles. The number of likely N-dealkylation sites (N-methyl/N-ethyl adjacent to an activating group) is 1. The molecule has 2 bridgehead atoms. The highest BCUT2D eigenvalue weighted by Crippen LogP contribution is 2.40. The SMILES string of the molecule is CN1C(=O)COc2ccc(NC(=O)NC3C4CCC3Cc3ccccc3C4)cc21. The minimum atomic E-state index is -0.191. The molecule has 1 aliphatic heterocycles. The van der Waals surface area contributed by atoms with Gasteiger partial charge in [0.15, 0.2) is 6.61 Å². The number of fused-ring (bicyclic) bond motifs is 4. The normalized spacial score (nSPS) is 24.8. The van der Waals surface area contributed by atoms with Crippen molar-refractivity contribution in [1.29, 1.82) is 0 Å². The highest BCUT2D eigenvalue weighted by Gasteiger charge is 2.39. The van der Waals surface area contributed by atoms with Crippen molar-refractivity contribution in [1.82, 2.24) is 5.32 Å². The van der Waals surface area contributed by atoms with E-state index in [0.29, 0.717) is 29.0 Å². The summed E-state index contributed by atoms with van der Waals surface area (Å²) in [5, 5.41) is 6.18. The van der Waals surface area contributed by atoms with Crippen molar-refractivity contribution >= 4 is 23.3 Å². The molecular formula is C23H25N3O3. The van der Waals surface area contributed by atoms with Gasteiger partial charge in [-0.3, -0.25) is 4.79 Å². The summed E-state index contributed by atoms with van der Waals surface area (Å²) in [4.78, 5) is 26.2. The van der Waals surface area contributed by atoms with Crippen molar-refractivity contribution in [3.63, 3.8) is 0 Å². The fourth-order valence-electron chi connectivity index (χ4n) is 5.06. The zero-order valence-electron chi connectivity index (χ0n) is 16.5. The monoisotopic (exact) mass is 391 g/mol. The first-order valence-electron chi connectivity index (χ1n) is 10.3. The minimum absolute atomic E-state index is 0.0452. The van der Waals surface area contributed by atoms with Gasteiger partial charge in [0.1, 0.15) is 5.75 Å². The second-order valence-electron chi connectivity index (χ2n) is 8.32. The van der Waals surface area contributed by atoms with Gasteiger partial charge >= 0.3 is 6.03 Å². The van der Waals surface area contributed by atoms with Gasteiger partial charge in [-0.25, -0.2) is 4.79 Å². The number of carbonyl (C=O) groups excluding carboxylic acids is 2. The van der Waals surface area contributed by atoms with E-state index in [2.05, 4.69) is 34.9 Å². The van der Waals surface area contributed by atoms with Gasteiger partial charge in [-0.05, 0) is 66.8 Å². The molecule has 2 unspecified atom stereocenters. The summed E-state index contributed by atoms with van der Waals surface area (Å²) >= 11 is 0. The van der Waals surface area contributed by atoms with E-state index < -0.39 is 0 Å². The Hall–Kier alpha value is -3.02. The summed E-state index contributed by atoms with van der Waals surface area (Å²) < 4.78 is 5.45. The first kappa shape index (κ1) is 18.0. The number of urea groups is 1. The molecule has 1 fully saturated rings. The Bertz CT molecular complexity index is 941. The summed E-state index contributed by atoms with van der Waals surface area (Å²) in [5.74, 6) is 1.51. The Balaban J connectivity index is 1.29. The summed E-state index contributed by atoms with van der Waals surface area (Å²) in [6, 6.07) is 14.0. The first-order valence-corrected chi connectivity index (χ1v) is 10.3. The van der Waals surface area contributed by atoms with E-state index in [0.717, 1.165) is 25.7 Å². The maximum Gasteiger partial charge on any atom is 0.319 e. The molecule has 29 heavy (non-hydrogen) atoms. The number of hydrogen-bond donors (Lipinski definition) is 2. The predicted molar refractivity (Wildman–Crippen MR) is 111 cm³/mol. The van der Waals surface area contributed by atoms with Gasteiger partial charge in [-0.15, -0.1) is 0 Å². The van der Waals surface area contributed by atoms with Crippen LogP contribution in [0, 0.1) is 11.8 Å². The fourth-order valence-corrected chi connectivity index (χ4v) is 5.06. The molecule has 6 nitrogen and oxygen atoms in total. The van der Waals surface area contributed by atoms with E-state index in [1.54, 1.807) is 30.1 Å². The van der Waals surface area contributed by atoms with Crippen molar-refractivity contribution in [2.75, 3.05) is 23.9 Å². The summed E-state index contributed by atoms with van der Waals surface area (Å²) in [6.07, 6.45) is 4.38. The van der Waals surface area contributed by atoms with Crippen molar-refractivity contribution in [3.05, 3.63) is 53.6 Å². The number of nitrogens with one attached hydrogen (secondary N) is 2. The van der Waals surface area contributed by atoms with Gasteiger partial charge in [0.05, 0.1) is 5.69 Å². The number of hydrogen-bond acceptors (Lipinski definition) is 3. The molecule has 2 N–H and O–H groups in total. The Kier molecular flexibility index (Phi) is 4.42. The standard InChI is InChI=1S/C23H25N3O3/c1-26-19-12-18(8-9-20(19)29-13-21(26)27)24-23(28)25-22-16-6-7-17(22)11-15-5-3-2-4-14(15)10-16/h2-5,8-9,12,16-17,22H,6-7,10-11,13H2,1H3,(H2,24,25,28). The molecule has 0 aromatic heterocycles. The molecule has 150 valence electrons. The van der Waals surface area contributed by atoms with Gasteiger partial charge in [-0.2, -0.15) is 0 Å². The van der Waals surface area contributed by atoms with E-state index in [1.165, 1.54) is 11.1 Å². The number of rotatable bonds is 2. The molecule has 0 radical (unpaired) electrons. The van der Waals surface area contributed by atoms with Crippen LogP contribution in [0.2, 0.25) is 0 Å². The van der Waals surface area contributed by atoms with Gasteiger partial charge in [-0.1, -0.05) is 24.3 Å². The highest BCUT2D eigenvalue weighted by atomic mass is 16.5. The average molecular weight is 391 g/mol. The smallest absolute Gasteiger partial charge is 0.319 e. The number of carbonyl (C=O) groups is 2. The Labute approximate surface area is 170 Å². The third-order valence-electron chi connectivity index (χ3n) is 6.61. The summed E-state index contributed by atoms with van der Waals surface area (Å²) in [7, 11) is 1.72. The molecular weight excluding hydrogens is 366 g/mol. The van der Waals surface area contributed by atoms with Crippen LogP contribution in [0.1, 0.15) is 24.0 Å². The Morgan fingerprint density at radius 2 is 1.76 bits per heavy atom. The number of amides is 3. The molecule has 5 rings (SSSR count). The van der Waals surface area contributed by atoms with Crippen LogP contribution >= 0.6 is 0 Å². The zero-order valence-corrected chi connectivity index (χ0v) is 16.5. The fraction of sp³-hybridized carbons (Fsp3) is 0.391. The average Bonchev–Trinajstić information content (AvgIpc) is 2.98. The summed E-state index contributed by atoms with van der Waals surface area (Å²) in [5.41, 5.74) is 4.17. The number of ether oxygens (including phenoxy) is 1. The third-order valence-corrected chi connectivity index (χ3v) is 6.61. The lowest BCUT2D eigenvalue weighted by atomic mass is 9.94. The van der Waals surface area contributed by atoms with E-state index in [9.17, 15) is 9.59 Å². The maximum atomic E-state index is 12.8. The van der Waals surface area contributed by atoms with Gasteiger partial charge in [0.25, 0.3) is 5.91 Å². The van der Waals surface area contributed by atoms with E-state index in [4.69, 9.17) is 4.74 Å². The second-order valence-corrected chi connectivity index (χ2v) is 8.32. The molecule has 6 heteroatoms. The molecule has 3 aliphatic rings. The van der Waals surface area contributed by atoms with Crippen LogP contribution in [-0.2, 0) is 17.6 Å². The van der Waals surface area contributed by atoms with Crippen LogP contribution in [0.5, 0.6) is 5.75 Å². The molecule has 3 amide bonds. The molecule has 1 heterocycles. The number of anilines is 2. The Morgan fingerprint density at radius 3 is 2.45 bits per heavy atom. The van der Waals surface area contributed by atoms with Crippen LogP contribution in [0.25, 0.3) is 0 Å². The van der Waals surface area contributed by atoms with E-state index in [1.807, 2.05) is 0 Å². The minimum Gasteiger partial charge on any atom is -0.482 e. The molecule has 2 aromatic rings. The lowest BCUT2D eigenvalue weighted by molar-refractivity contribution is -0.120. The van der Waals surface area contributed by atoms with Crippen molar-refractivity contribution in [2.45, 2.75) is 31.7 Å². The van der Waals surface area contributed by atoms with Crippen molar-refractivity contribution in [2.24, 2.45) is 11.8 Å². The largest absolute Gasteiger partial charge is 0.482 e. The lowest BCUT2D eigenvalue weighted by Gasteiger charge is -2.27. The van der Waals surface area contributed by atoms with Crippen molar-refractivity contribution in [3.8, 4) is 5.75 Å². The van der Waals surface area contributed by atoms with Gasteiger partial charge in [0, 0.05) is 18.8 Å². The quantitative estimate of drug-likeness (QED) is 0.825. The Morgan fingerprint density at radius 1 is 1.07 bits per heavy atom. The molecule has 0 saturated heterocycles. The predicted octanol–water partition coefficient (Wildman–Crippen LogP) is 3.36. The van der Waals surface area contributed by atoms with Crippen LogP contribution in [0.4, 0.5) is 16.2 Å². The topological polar surface area (TPSA) is 70.7 Å². The van der Waals surface area contributed by atoms with Crippen LogP contribution in [0.3, 0.4) is 0 Å². The lowest BCUT2D eigenvalue weighted by Crippen LogP contribution is -2.44. The zero-order chi connectivity index (χ0) is 20.0. The summed E-state index contributed by atoms with van der Waals surface area (Å²) in [6.45, 7) is 0.0452. The van der Waals surface area contributed by atoms with Crippen LogP contribution < -0.4 is 20.3 Å². The number of benzene rings is 2. The van der Waals surface area contributed by atoms with Crippen LogP contribution in [0.15, 0.2) is 42.5 Å².